The molecule has 0 fully saturated rings. The number of amides is 1. The Labute approximate surface area is 165 Å². The number of hydrogen-bond donors (Lipinski definition) is 1. The molecule has 0 radical (unpaired) electrons. The molecule has 3 rings (SSSR count). The quantitative estimate of drug-likeness (QED) is 0.646. The SMILES string of the molecule is O=C(COC(=O)c1ccc(=O)n(Cc2ccccc2)n1)Nc1ccc(Cl)cc1. The molecule has 0 aliphatic carbocycles. The molecule has 0 aliphatic heterocycles. The Balaban J connectivity index is 1.61. The largest absolute Gasteiger partial charge is 0.451 e. The molecule has 0 unspecified atom stereocenters. The topological polar surface area (TPSA) is 90.3 Å². The molecule has 1 N–H and O–H groups in total. The highest BCUT2D eigenvalue weighted by Crippen LogP contribution is 2.13. The number of benzene rings is 2. The Morgan fingerprint density at radius 3 is 2.43 bits per heavy atom. The zero-order valence-electron chi connectivity index (χ0n) is 14.7. The van der Waals surface area contributed by atoms with E-state index < -0.39 is 18.5 Å². The van der Waals surface area contributed by atoms with Gasteiger partial charge in [-0.1, -0.05) is 41.9 Å². The summed E-state index contributed by atoms with van der Waals surface area (Å²) < 4.78 is 6.14. The van der Waals surface area contributed by atoms with Crippen molar-refractivity contribution in [2.24, 2.45) is 0 Å². The monoisotopic (exact) mass is 397 g/mol. The highest BCUT2D eigenvalue weighted by atomic mass is 35.5. The number of esters is 1. The molecule has 28 heavy (non-hydrogen) atoms. The minimum absolute atomic E-state index is 0.0603. The van der Waals surface area contributed by atoms with Gasteiger partial charge in [0.05, 0.1) is 6.54 Å². The van der Waals surface area contributed by atoms with Gasteiger partial charge in [-0.25, -0.2) is 9.48 Å². The lowest BCUT2D eigenvalue weighted by atomic mass is 10.2. The van der Waals surface area contributed by atoms with E-state index in [0.29, 0.717) is 10.7 Å². The van der Waals surface area contributed by atoms with Crippen LogP contribution in [0.3, 0.4) is 0 Å². The number of anilines is 1. The van der Waals surface area contributed by atoms with Crippen molar-refractivity contribution < 1.29 is 14.3 Å². The summed E-state index contributed by atoms with van der Waals surface area (Å²) in [5.41, 5.74) is 0.987. The van der Waals surface area contributed by atoms with E-state index in [1.807, 2.05) is 30.3 Å². The van der Waals surface area contributed by atoms with Crippen LogP contribution in [-0.4, -0.2) is 28.3 Å². The summed E-state index contributed by atoms with van der Waals surface area (Å²) in [5.74, 6) is -1.30. The van der Waals surface area contributed by atoms with Crippen LogP contribution in [0.2, 0.25) is 5.02 Å². The van der Waals surface area contributed by atoms with Gasteiger partial charge in [-0.2, -0.15) is 5.10 Å². The predicted octanol–water partition coefficient (Wildman–Crippen LogP) is 2.74. The lowest BCUT2D eigenvalue weighted by Crippen LogP contribution is -2.26. The lowest BCUT2D eigenvalue weighted by molar-refractivity contribution is -0.119. The number of halogens is 1. The van der Waals surface area contributed by atoms with Crippen molar-refractivity contribution in [3.8, 4) is 0 Å². The maximum atomic E-state index is 12.2. The fraction of sp³-hybridized carbons (Fsp3) is 0.100. The summed E-state index contributed by atoms with van der Waals surface area (Å²) in [5, 5.41) is 7.14. The molecule has 1 aromatic heterocycles. The van der Waals surface area contributed by atoms with Crippen LogP contribution >= 0.6 is 11.6 Å². The third-order valence-corrected chi connectivity index (χ3v) is 3.97. The fourth-order valence-electron chi connectivity index (χ4n) is 2.36. The minimum Gasteiger partial charge on any atom is -0.451 e. The summed E-state index contributed by atoms with van der Waals surface area (Å²) in [7, 11) is 0. The first kappa shape index (κ1) is 19.3. The van der Waals surface area contributed by atoms with Crippen molar-refractivity contribution in [2.75, 3.05) is 11.9 Å². The zero-order valence-corrected chi connectivity index (χ0v) is 15.4. The number of carbonyl (C=O) groups excluding carboxylic acids is 2. The number of rotatable bonds is 6. The number of ether oxygens (including phenoxy) is 1. The van der Waals surface area contributed by atoms with E-state index in [-0.39, 0.29) is 17.8 Å². The van der Waals surface area contributed by atoms with Crippen LogP contribution in [0.5, 0.6) is 0 Å². The maximum Gasteiger partial charge on any atom is 0.359 e. The first-order chi connectivity index (χ1) is 13.5. The Hall–Kier alpha value is -3.45. The second-order valence-corrected chi connectivity index (χ2v) is 6.27. The van der Waals surface area contributed by atoms with Gasteiger partial charge in [-0.15, -0.1) is 0 Å². The molecule has 2 aromatic carbocycles. The van der Waals surface area contributed by atoms with Crippen molar-refractivity contribution in [3.05, 3.63) is 93.4 Å². The second-order valence-electron chi connectivity index (χ2n) is 5.83. The highest BCUT2D eigenvalue weighted by molar-refractivity contribution is 6.30. The number of hydrogen-bond acceptors (Lipinski definition) is 5. The molecule has 1 heterocycles. The Bertz CT molecular complexity index is 1030. The molecule has 0 bridgehead atoms. The van der Waals surface area contributed by atoms with E-state index >= 15 is 0 Å². The van der Waals surface area contributed by atoms with E-state index in [1.54, 1.807) is 24.3 Å². The van der Waals surface area contributed by atoms with Gasteiger partial charge in [0.25, 0.3) is 11.5 Å². The van der Waals surface area contributed by atoms with Gasteiger partial charge in [0, 0.05) is 16.8 Å². The van der Waals surface area contributed by atoms with Crippen molar-refractivity contribution in [1.82, 2.24) is 9.78 Å². The maximum absolute atomic E-state index is 12.2. The van der Waals surface area contributed by atoms with E-state index in [2.05, 4.69) is 10.4 Å². The Morgan fingerprint density at radius 1 is 1.00 bits per heavy atom. The van der Waals surface area contributed by atoms with Crippen LogP contribution in [-0.2, 0) is 16.1 Å². The fourth-order valence-corrected chi connectivity index (χ4v) is 2.49. The van der Waals surface area contributed by atoms with Gasteiger partial charge in [0.15, 0.2) is 12.3 Å². The number of aromatic nitrogens is 2. The van der Waals surface area contributed by atoms with E-state index in [9.17, 15) is 14.4 Å². The summed E-state index contributed by atoms with van der Waals surface area (Å²) in [6.45, 7) is -0.265. The number of carbonyl (C=O) groups is 2. The van der Waals surface area contributed by atoms with Gasteiger partial charge in [0.1, 0.15) is 0 Å². The first-order valence-electron chi connectivity index (χ1n) is 8.36. The first-order valence-corrected chi connectivity index (χ1v) is 8.74. The van der Waals surface area contributed by atoms with Crippen LogP contribution in [0, 0.1) is 0 Å². The molecule has 8 heteroatoms. The van der Waals surface area contributed by atoms with Gasteiger partial charge < -0.3 is 10.1 Å². The van der Waals surface area contributed by atoms with Crippen molar-refractivity contribution >= 4 is 29.2 Å². The second kappa shape index (κ2) is 8.96. The predicted molar refractivity (Wildman–Crippen MR) is 104 cm³/mol. The normalized spacial score (nSPS) is 10.3. The molecule has 0 saturated heterocycles. The van der Waals surface area contributed by atoms with Gasteiger partial charge in [0.2, 0.25) is 0 Å². The summed E-state index contributed by atoms with van der Waals surface area (Å²) in [6, 6.07) is 18.3. The molecular formula is C20H16ClN3O4. The average molecular weight is 398 g/mol. The molecule has 7 nitrogen and oxygen atoms in total. The van der Waals surface area contributed by atoms with Gasteiger partial charge >= 0.3 is 5.97 Å². The minimum atomic E-state index is -0.798. The van der Waals surface area contributed by atoms with Crippen LogP contribution in [0.15, 0.2) is 71.5 Å². The molecule has 1 amide bonds. The highest BCUT2D eigenvalue weighted by Gasteiger charge is 2.14. The van der Waals surface area contributed by atoms with E-state index in [1.165, 1.54) is 16.8 Å². The van der Waals surface area contributed by atoms with Crippen molar-refractivity contribution in [1.29, 1.82) is 0 Å². The summed E-state index contributed by atoms with van der Waals surface area (Å²) >= 11 is 5.78. The zero-order chi connectivity index (χ0) is 19.9. The van der Waals surface area contributed by atoms with Crippen LogP contribution in [0.1, 0.15) is 16.1 Å². The Morgan fingerprint density at radius 2 is 1.71 bits per heavy atom. The van der Waals surface area contributed by atoms with Gasteiger partial charge in [-0.3, -0.25) is 9.59 Å². The van der Waals surface area contributed by atoms with Crippen LogP contribution in [0.25, 0.3) is 0 Å². The third kappa shape index (κ3) is 5.28. The summed E-state index contributed by atoms with van der Waals surface area (Å²) in [6.07, 6.45) is 0. The van der Waals surface area contributed by atoms with E-state index in [4.69, 9.17) is 16.3 Å². The standard InChI is InChI=1S/C20H16ClN3O4/c21-15-6-8-16(9-7-15)22-18(25)13-28-20(27)17-10-11-19(26)24(23-17)12-14-4-2-1-3-5-14/h1-11H,12-13H2,(H,22,25). The van der Waals surface area contributed by atoms with Crippen molar-refractivity contribution in [2.45, 2.75) is 6.54 Å². The molecule has 3 aromatic rings. The third-order valence-electron chi connectivity index (χ3n) is 3.71. The number of nitrogens with zero attached hydrogens (tertiary/aromatic N) is 2. The van der Waals surface area contributed by atoms with Crippen LogP contribution < -0.4 is 10.9 Å². The molecule has 0 aliphatic rings. The van der Waals surface area contributed by atoms with Crippen molar-refractivity contribution in [3.63, 3.8) is 0 Å². The summed E-state index contributed by atoms with van der Waals surface area (Å²) in [4.78, 5) is 36.0. The molecule has 0 atom stereocenters. The number of nitrogens with one attached hydrogen (secondary N) is 1. The Kier molecular flexibility index (Phi) is 6.18. The lowest BCUT2D eigenvalue weighted by Gasteiger charge is -2.08. The molecule has 142 valence electrons. The average Bonchev–Trinajstić information content (AvgIpc) is 2.70. The van der Waals surface area contributed by atoms with Gasteiger partial charge in [-0.05, 0) is 35.9 Å². The smallest absolute Gasteiger partial charge is 0.359 e. The van der Waals surface area contributed by atoms with Crippen LogP contribution in [0.4, 0.5) is 5.69 Å². The van der Waals surface area contributed by atoms with E-state index in [0.717, 1.165) is 5.56 Å². The molecule has 0 saturated carbocycles. The molecule has 0 spiro atoms. The molecular weight excluding hydrogens is 382 g/mol.